The van der Waals surface area contributed by atoms with Crippen LogP contribution in [0.15, 0.2) is 0 Å². The van der Waals surface area contributed by atoms with Crippen LogP contribution >= 0.6 is 0 Å². The van der Waals surface area contributed by atoms with Gasteiger partial charge in [0.25, 0.3) is 10.2 Å². The van der Waals surface area contributed by atoms with Crippen LogP contribution in [0.4, 0.5) is 0 Å². The molecule has 0 aromatic heterocycles. The van der Waals surface area contributed by atoms with Crippen molar-refractivity contribution in [2.45, 2.75) is 33.1 Å². The summed E-state index contributed by atoms with van der Waals surface area (Å²) in [5.41, 5.74) is 0.246. The monoisotopic (exact) mass is 264 g/mol. The quantitative estimate of drug-likeness (QED) is 0.794. The molecule has 0 amide bonds. The van der Waals surface area contributed by atoms with Gasteiger partial charge in [-0.3, -0.25) is 0 Å². The van der Waals surface area contributed by atoms with E-state index in [1.807, 2.05) is 0 Å². The van der Waals surface area contributed by atoms with Gasteiger partial charge in [-0.1, -0.05) is 13.8 Å². The molecule has 0 aromatic carbocycles. The van der Waals surface area contributed by atoms with Gasteiger partial charge >= 0.3 is 0 Å². The second kappa shape index (κ2) is 5.65. The first-order valence-corrected chi connectivity index (χ1v) is 7.51. The van der Waals surface area contributed by atoms with Gasteiger partial charge in [-0.2, -0.15) is 17.0 Å². The van der Waals surface area contributed by atoms with Gasteiger partial charge in [-0.15, -0.1) is 0 Å². The Kier molecular flexibility index (Phi) is 4.95. The molecule has 1 aliphatic heterocycles. The summed E-state index contributed by atoms with van der Waals surface area (Å²) in [6.45, 7) is 5.93. The number of nitrogens with zero attached hydrogens (tertiary/aromatic N) is 2. The Bertz CT molecular complexity index is 331. The van der Waals surface area contributed by atoms with Gasteiger partial charge in [-0.25, -0.2) is 0 Å². The number of rotatable bonds is 5. The highest BCUT2D eigenvalue weighted by atomic mass is 32.2. The SMILES string of the molecule is CN(CCCO)S(=O)(=O)N1CCC(C)(C)CC1. The summed E-state index contributed by atoms with van der Waals surface area (Å²) >= 11 is 0. The minimum atomic E-state index is -3.33. The Hall–Kier alpha value is -0.170. The molecule has 0 bridgehead atoms. The van der Waals surface area contributed by atoms with E-state index >= 15 is 0 Å². The minimum absolute atomic E-state index is 0.0207. The summed E-state index contributed by atoms with van der Waals surface area (Å²) in [6, 6.07) is 0. The molecule has 0 saturated carbocycles. The van der Waals surface area contributed by atoms with E-state index in [9.17, 15) is 8.42 Å². The molecule has 1 heterocycles. The molecule has 102 valence electrons. The van der Waals surface area contributed by atoms with Crippen molar-refractivity contribution in [1.82, 2.24) is 8.61 Å². The third-order valence-electron chi connectivity index (χ3n) is 3.43. The molecule has 17 heavy (non-hydrogen) atoms. The highest BCUT2D eigenvalue weighted by Gasteiger charge is 2.33. The number of aliphatic hydroxyl groups is 1. The Morgan fingerprint density at radius 1 is 1.29 bits per heavy atom. The maximum Gasteiger partial charge on any atom is 0.281 e. The van der Waals surface area contributed by atoms with Crippen molar-refractivity contribution in [1.29, 1.82) is 0 Å². The van der Waals surface area contributed by atoms with E-state index in [1.54, 1.807) is 11.4 Å². The molecule has 0 aromatic rings. The van der Waals surface area contributed by atoms with Crippen LogP contribution < -0.4 is 0 Å². The molecule has 1 rings (SSSR count). The van der Waals surface area contributed by atoms with Gasteiger partial charge in [0, 0.05) is 33.3 Å². The predicted octanol–water partition coefficient (Wildman–Crippen LogP) is 0.667. The topological polar surface area (TPSA) is 60.9 Å². The largest absolute Gasteiger partial charge is 0.396 e. The van der Waals surface area contributed by atoms with Crippen molar-refractivity contribution in [2.24, 2.45) is 5.41 Å². The minimum Gasteiger partial charge on any atom is -0.396 e. The first-order valence-electron chi connectivity index (χ1n) is 6.12. The molecule has 0 spiro atoms. The van der Waals surface area contributed by atoms with Crippen molar-refractivity contribution in [3.63, 3.8) is 0 Å². The van der Waals surface area contributed by atoms with Gasteiger partial charge < -0.3 is 5.11 Å². The van der Waals surface area contributed by atoms with E-state index < -0.39 is 10.2 Å². The molecule has 5 nitrogen and oxygen atoms in total. The molecule has 1 fully saturated rings. The molecule has 1 saturated heterocycles. The van der Waals surface area contributed by atoms with Crippen LogP contribution in [0.5, 0.6) is 0 Å². The fraction of sp³-hybridized carbons (Fsp3) is 1.00. The summed E-state index contributed by atoms with van der Waals surface area (Å²) in [5, 5.41) is 8.72. The van der Waals surface area contributed by atoms with Crippen LogP contribution in [0.1, 0.15) is 33.1 Å². The van der Waals surface area contributed by atoms with Crippen LogP contribution in [0.25, 0.3) is 0 Å². The lowest BCUT2D eigenvalue weighted by Crippen LogP contribution is -2.47. The van der Waals surface area contributed by atoms with Gasteiger partial charge in [0.1, 0.15) is 0 Å². The Balaban J connectivity index is 2.60. The van der Waals surface area contributed by atoms with Gasteiger partial charge in [-0.05, 0) is 24.7 Å². The first-order chi connectivity index (χ1) is 7.79. The fourth-order valence-corrected chi connectivity index (χ4v) is 3.33. The van der Waals surface area contributed by atoms with E-state index in [-0.39, 0.29) is 12.0 Å². The first kappa shape index (κ1) is 14.9. The lowest BCUT2D eigenvalue weighted by Gasteiger charge is -2.37. The van der Waals surface area contributed by atoms with E-state index in [2.05, 4.69) is 13.8 Å². The number of piperidine rings is 1. The Labute approximate surface area is 105 Å². The van der Waals surface area contributed by atoms with Gasteiger partial charge in [0.05, 0.1) is 0 Å². The third kappa shape index (κ3) is 3.91. The number of hydrogen-bond acceptors (Lipinski definition) is 3. The zero-order valence-electron chi connectivity index (χ0n) is 11.0. The van der Waals surface area contributed by atoms with E-state index in [0.717, 1.165) is 12.8 Å². The maximum atomic E-state index is 12.2. The molecule has 1 N–H and O–H groups in total. The normalized spacial score (nSPS) is 21.9. The van der Waals surface area contributed by atoms with Gasteiger partial charge in [0.15, 0.2) is 0 Å². The second-order valence-electron chi connectivity index (χ2n) is 5.47. The second-order valence-corrected chi connectivity index (χ2v) is 7.51. The van der Waals surface area contributed by atoms with Crippen molar-refractivity contribution < 1.29 is 13.5 Å². The summed E-state index contributed by atoms with van der Waals surface area (Å²) in [4.78, 5) is 0. The highest BCUT2D eigenvalue weighted by Crippen LogP contribution is 2.31. The third-order valence-corrected chi connectivity index (χ3v) is 5.42. The number of hydrogen-bond donors (Lipinski definition) is 1. The van der Waals surface area contributed by atoms with E-state index in [0.29, 0.717) is 26.1 Å². The average Bonchev–Trinajstić information content (AvgIpc) is 2.25. The zero-order valence-corrected chi connectivity index (χ0v) is 11.8. The Morgan fingerprint density at radius 2 is 1.82 bits per heavy atom. The molecule has 6 heteroatoms. The highest BCUT2D eigenvalue weighted by molar-refractivity contribution is 7.86. The maximum absolute atomic E-state index is 12.2. The van der Waals surface area contributed by atoms with Crippen LogP contribution in [-0.2, 0) is 10.2 Å². The van der Waals surface area contributed by atoms with Crippen molar-refractivity contribution in [3.8, 4) is 0 Å². The molecule has 0 atom stereocenters. The molecule has 0 aliphatic carbocycles. The molecule has 1 aliphatic rings. The lowest BCUT2D eigenvalue weighted by atomic mass is 9.83. The van der Waals surface area contributed by atoms with Crippen LogP contribution in [0.2, 0.25) is 0 Å². The summed E-state index contributed by atoms with van der Waals surface area (Å²) < 4.78 is 27.2. The molecule has 0 radical (unpaired) electrons. The smallest absolute Gasteiger partial charge is 0.281 e. The molecular weight excluding hydrogens is 240 g/mol. The number of aliphatic hydroxyl groups excluding tert-OH is 1. The standard InChI is InChI=1S/C11H24N2O3S/c1-11(2)5-8-13(9-6-11)17(15,16)12(3)7-4-10-14/h14H,4-10H2,1-3H3. The zero-order chi connectivity index (χ0) is 13.1. The fourth-order valence-electron chi connectivity index (χ4n) is 1.93. The molecular formula is C11H24N2O3S. The Morgan fingerprint density at radius 3 is 2.29 bits per heavy atom. The van der Waals surface area contributed by atoms with E-state index in [1.165, 1.54) is 4.31 Å². The van der Waals surface area contributed by atoms with Crippen molar-refractivity contribution in [2.75, 3.05) is 33.3 Å². The summed E-state index contributed by atoms with van der Waals surface area (Å²) in [6.07, 6.45) is 2.29. The van der Waals surface area contributed by atoms with Crippen molar-refractivity contribution >= 4 is 10.2 Å². The average molecular weight is 264 g/mol. The summed E-state index contributed by atoms with van der Waals surface area (Å²) in [5.74, 6) is 0. The van der Waals surface area contributed by atoms with Crippen LogP contribution in [0, 0.1) is 5.41 Å². The van der Waals surface area contributed by atoms with Crippen LogP contribution in [-0.4, -0.2) is 55.4 Å². The van der Waals surface area contributed by atoms with Crippen LogP contribution in [0.3, 0.4) is 0 Å². The van der Waals surface area contributed by atoms with E-state index in [4.69, 9.17) is 5.11 Å². The van der Waals surface area contributed by atoms with Crippen molar-refractivity contribution in [3.05, 3.63) is 0 Å². The van der Waals surface area contributed by atoms with Gasteiger partial charge in [0.2, 0.25) is 0 Å². The molecule has 0 unspecified atom stereocenters. The predicted molar refractivity (Wildman–Crippen MR) is 67.8 cm³/mol. The summed E-state index contributed by atoms with van der Waals surface area (Å²) in [7, 11) is -1.75. The lowest BCUT2D eigenvalue weighted by molar-refractivity contribution is 0.188.